The average Bonchev–Trinajstić information content (AvgIpc) is 3.50. The molecule has 1 aliphatic heterocycles. The van der Waals surface area contributed by atoms with Gasteiger partial charge in [-0.25, -0.2) is 4.98 Å². The van der Waals surface area contributed by atoms with Crippen LogP contribution in [0.5, 0.6) is 5.88 Å². The van der Waals surface area contributed by atoms with Gasteiger partial charge in [0.2, 0.25) is 5.88 Å². The third-order valence-electron chi connectivity index (χ3n) is 7.49. The summed E-state index contributed by atoms with van der Waals surface area (Å²) in [6.45, 7) is 15.3. The quantitative estimate of drug-likeness (QED) is 0.131. The van der Waals surface area contributed by atoms with Gasteiger partial charge in [-0.3, -0.25) is 9.59 Å². The maximum absolute atomic E-state index is 13.5. The number of carbonyl (C=O) groups is 2. The fraction of sp³-hybridized carbons (Fsp3) is 0.636. The number of Topliss-reactive ketones (excluding diaryl/α,β-unsaturated/α-hetero) is 2. The molecule has 3 rings (SSSR count). The van der Waals surface area contributed by atoms with Gasteiger partial charge in [0.05, 0.1) is 23.9 Å². The van der Waals surface area contributed by atoms with E-state index in [0.717, 1.165) is 63.9 Å². The van der Waals surface area contributed by atoms with Crippen LogP contribution in [-0.2, 0) is 9.59 Å². The Morgan fingerprint density at radius 1 is 1.29 bits per heavy atom. The van der Waals surface area contributed by atoms with Crippen LogP contribution in [0, 0.1) is 24.7 Å². The smallest absolute Gasteiger partial charge is 0.217 e. The molecule has 0 aromatic carbocycles. The second kappa shape index (κ2) is 19.8. The Kier molecular flexibility index (Phi) is 17.3. The minimum Gasteiger partial charge on any atom is -0.477 e. The molecule has 1 saturated heterocycles. The molecule has 1 saturated carbocycles. The van der Waals surface area contributed by atoms with Crippen LogP contribution < -0.4 is 15.8 Å². The summed E-state index contributed by atoms with van der Waals surface area (Å²) in [4.78, 5) is 37.7. The van der Waals surface area contributed by atoms with E-state index >= 15 is 0 Å². The Bertz CT molecular complexity index is 1020. The lowest BCUT2D eigenvalue weighted by Crippen LogP contribution is -2.29. The molecule has 2 heterocycles. The first kappa shape index (κ1) is 35.8. The van der Waals surface area contributed by atoms with Crippen LogP contribution >= 0.6 is 0 Å². The van der Waals surface area contributed by atoms with Gasteiger partial charge in [-0.1, -0.05) is 47.1 Å². The zero-order valence-corrected chi connectivity index (χ0v) is 26.1. The molecular formula is C33H53N5O3. The predicted molar refractivity (Wildman–Crippen MR) is 168 cm³/mol. The van der Waals surface area contributed by atoms with Gasteiger partial charge < -0.3 is 20.7 Å². The maximum atomic E-state index is 13.5. The summed E-state index contributed by atoms with van der Waals surface area (Å²) in [6.07, 6.45) is 17.0. The standard InChI is InChI=1S/C29H45N5O3.C2H6.C2H2/c1-5-10-23(28(36)22-12-7-8-13-25(22)35)27(30)29-32-24(21-14-16-34(6-2)18-21)17-26(33-29)37-19-20(3)11-9-15-31-4;2*1-2/h6,17,20-22,31H,2,5,7-16,18-19,30H2,1,3-4H3;1-2H3;1-2H/b27-23-;;/t20-,21+,22-;;/m0../s1. The van der Waals surface area contributed by atoms with Crippen LogP contribution in [0.1, 0.15) is 103 Å². The highest BCUT2D eigenvalue weighted by Crippen LogP contribution is 2.31. The van der Waals surface area contributed by atoms with Crippen molar-refractivity contribution in [1.29, 1.82) is 0 Å². The van der Waals surface area contributed by atoms with Gasteiger partial charge in [0, 0.05) is 37.1 Å². The van der Waals surface area contributed by atoms with Crippen molar-refractivity contribution in [3.8, 4) is 18.7 Å². The van der Waals surface area contributed by atoms with E-state index in [1.807, 2.05) is 40.1 Å². The number of hydrogen-bond acceptors (Lipinski definition) is 8. The second-order valence-corrected chi connectivity index (χ2v) is 10.6. The highest BCUT2D eigenvalue weighted by Gasteiger charge is 2.32. The number of hydrogen-bond donors (Lipinski definition) is 2. The third kappa shape index (κ3) is 11.0. The Morgan fingerprint density at radius 2 is 2.02 bits per heavy atom. The number of ketones is 2. The molecule has 0 bridgehead atoms. The van der Waals surface area contributed by atoms with Crippen molar-refractivity contribution in [3.63, 3.8) is 0 Å². The molecule has 41 heavy (non-hydrogen) atoms. The summed E-state index contributed by atoms with van der Waals surface area (Å²) >= 11 is 0. The number of nitrogens with one attached hydrogen (secondary N) is 1. The topological polar surface area (TPSA) is 110 Å². The number of nitrogens with two attached hydrogens (primary N) is 1. The first-order valence-electron chi connectivity index (χ1n) is 15.3. The summed E-state index contributed by atoms with van der Waals surface area (Å²) in [7, 11) is 1.96. The molecular weight excluding hydrogens is 514 g/mol. The Balaban J connectivity index is 0.00000201. The van der Waals surface area contributed by atoms with Gasteiger partial charge in [-0.15, -0.1) is 12.8 Å². The monoisotopic (exact) mass is 567 g/mol. The van der Waals surface area contributed by atoms with Gasteiger partial charge in [-0.05, 0) is 64.2 Å². The van der Waals surface area contributed by atoms with E-state index in [-0.39, 0.29) is 23.2 Å². The summed E-state index contributed by atoms with van der Waals surface area (Å²) in [5.41, 5.74) is 8.26. The van der Waals surface area contributed by atoms with Gasteiger partial charge in [-0.2, -0.15) is 4.98 Å². The van der Waals surface area contributed by atoms with Crippen molar-refractivity contribution in [2.75, 3.05) is 33.3 Å². The molecule has 0 radical (unpaired) electrons. The SMILES string of the molecule is C#C.C=CN1CC[C@@H](c2cc(OC[C@@H](C)CCCNC)nc(/C(N)=C(\CCC)C(=O)[C@H]3CCCCC3=O)n2)C1.CC. The largest absolute Gasteiger partial charge is 0.477 e. The number of likely N-dealkylation sites (tertiary alicyclic amines) is 1. The number of nitrogens with zero attached hydrogens (tertiary/aromatic N) is 3. The number of aromatic nitrogens is 2. The summed E-state index contributed by atoms with van der Waals surface area (Å²) in [5, 5.41) is 3.18. The van der Waals surface area contributed by atoms with Crippen molar-refractivity contribution >= 4 is 17.3 Å². The van der Waals surface area contributed by atoms with E-state index in [4.69, 9.17) is 15.5 Å². The van der Waals surface area contributed by atoms with Crippen LogP contribution in [0.2, 0.25) is 0 Å². The van der Waals surface area contributed by atoms with E-state index in [0.29, 0.717) is 49.1 Å². The first-order valence-corrected chi connectivity index (χ1v) is 15.3. The molecule has 3 atom stereocenters. The van der Waals surface area contributed by atoms with E-state index in [1.54, 1.807) is 0 Å². The Morgan fingerprint density at radius 3 is 2.63 bits per heavy atom. The fourth-order valence-electron chi connectivity index (χ4n) is 5.23. The van der Waals surface area contributed by atoms with Crippen molar-refractivity contribution in [1.82, 2.24) is 20.2 Å². The van der Waals surface area contributed by atoms with Gasteiger partial charge in [0.1, 0.15) is 5.78 Å². The van der Waals surface area contributed by atoms with Crippen molar-refractivity contribution in [3.05, 3.63) is 35.9 Å². The van der Waals surface area contributed by atoms with Crippen LogP contribution in [0.15, 0.2) is 24.4 Å². The molecule has 2 aliphatic rings. The summed E-state index contributed by atoms with van der Waals surface area (Å²) < 4.78 is 6.15. The minimum absolute atomic E-state index is 0.0269. The Hall–Kier alpha value is -3.18. The average molecular weight is 568 g/mol. The third-order valence-corrected chi connectivity index (χ3v) is 7.49. The van der Waals surface area contributed by atoms with Crippen LogP contribution in [-0.4, -0.2) is 59.7 Å². The minimum atomic E-state index is -0.595. The molecule has 1 aliphatic carbocycles. The fourth-order valence-corrected chi connectivity index (χ4v) is 5.23. The first-order chi connectivity index (χ1) is 19.9. The van der Waals surface area contributed by atoms with Crippen LogP contribution in [0.4, 0.5) is 0 Å². The lowest BCUT2D eigenvalue weighted by atomic mass is 9.81. The number of allylic oxidation sites excluding steroid dienone is 1. The summed E-state index contributed by atoms with van der Waals surface area (Å²) in [5.74, 6) is 0.664. The maximum Gasteiger partial charge on any atom is 0.217 e. The zero-order valence-electron chi connectivity index (χ0n) is 26.1. The van der Waals surface area contributed by atoms with Gasteiger partial charge in [0.15, 0.2) is 11.6 Å². The van der Waals surface area contributed by atoms with Crippen molar-refractivity contribution < 1.29 is 14.3 Å². The van der Waals surface area contributed by atoms with E-state index in [1.165, 1.54) is 0 Å². The summed E-state index contributed by atoms with van der Waals surface area (Å²) in [6, 6.07) is 1.92. The predicted octanol–water partition coefficient (Wildman–Crippen LogP) is 5.50. The Labute approximate surface area is 248 Å². The number of rotatable bonds is 14. The highest BCUT2D eigenvalue weighted by atomic mass is 16.5. The molecule has 2 fully saturated rings. The van der Waals surface area contributed by atoms with Crippen LogP contribution in [0.25, 0.3) is 5.70 Å². The molecule has 8 heteroatoms. The molecule has 228 valence electrons. The van der Waals surface area contributed by atoms with E-state index in [2.05, 4.69) is 41.6 Å². The second-order valence-electron chi connectivity index (χ2n) is 10.6. The number of ether oxygens (including phenoxy) is 1. The molecule has 1 aromatic heterocycles. The lowest BCUT2D eigenvalue weighted by Gasteiger charge is -2.22. The zero-order chi connectivity index (χ0) is 30.8. The van der Waals surface area contributed by atoms with Gasteiger partial charge >= 0.3 is 0 Å². The van der Waals surface area contributed by atoms with Gasteiger partial charge in [0.25, 0.3) is 0 Å². The molecule has 3 N–H and O–H groups in total. The highest BCUT2D eigenvalue weighted by molar-refractivity contribution is 6.13. The molecule has 8 nitrogen and oxygen atoms in total. The molecule has 0 spiro atoms. The van der Waals surface area contributed by atoms with E-state index < -0.39 is 5.92 Å². The molecule has 0 unspecified atom stereocenters. The van der Waals surface area contributed by atoms with Crippen molar-refractivity contribution in [2.24, 2.45) is 17.6 Å². The molecule has 0 amide bonds. The lowest BCUT2D eigenvalue weighted by molar-refractivity contribution is -0.132. The number of carbonyl (C=O) groups excluding carboxylic acids is 2. The van der Waals surface area contributed by atoms with Crippen LogP contribution in [0.3, 0.4) is 0 Å². The van der Waals surface area contributed by atoms with Crippen molar-refractivity contribution in [2.45, 2.75) is 91.4 Å². The van der Waals surface area contributed by atoms with E-state index in [9.17, 15) is 9.59 Å². The normalized spacial score (nSPS) is 19.6. The molecule has 1 aromatic rings. The number of terminal acetylenes is 1.